The Bertz CT molecular complexity index is 1150. The average Bonchev–Trinajstić information content (AvgIpc) is 2.89. The van der Waals surface area contributed by atoms with Crippen molar-refractivity contribution in [3.8, 4) is 11.5 Å². The summed E-state index contributed by atoms with van der Waals surface area (Å²) in [6.07, 6.45) is 3.36. The zero-order valence-corrected chi connectivity index (χ0v) is 21.3. The smallest absolute Gasteiger partial charge is 0.262 e. The maximum Gasteiger partial charge on any atom is 0.262 e. The number of piperidine rings is 1. The van der Waals surface area contributed by atoms with Crippen molar-refractivity contribution in [3.63, 3.8) is 0 Å². The van der Waals surface area contributed by atoms with Gasteiger partial charge in [0.05, 0.1) is 7.11 Å². The van der Waals surface area contributed by atoms with E-state index in [9.17, 15) is 4.79 Å². The quantitative estimate of drug-likeness (QED) is 0.378. The average molecular weight is 509 g/mol. The lowest BCUT2D eigenvalue weighted by atomic mass is 9.90. The highest BCUT2D eigenvalue weighted by Crippen LogP contribution is 2.30. The van der Waals surface area contributed by atoms with Crippen molar-refractivity contribution >= 4 is 40.4 Å². The van der Waals surface area contributed by atoms with Crippen LogP contribution in [0.2, 0.25) is 5.02 Å². The van der Waals surface area contributed by atoms with Gasteiger partial charge in [0, 0.05) is 29.4 Å². The van der Waals surface area contributed by atoms with Gasteiger partial charge in [-0.15, -0.1) is 0 Å². The van der Waals surface area contributed by atoms with Crippen molar-refractivity contribution in [2.75, 3.05) is 32.1 Å². The number of rotatable bonds is 8. The fraction of sp³-hybridized carbons (Fsp3) is 0.286. The number of ether oxygens (including phenoxy) is 2. The number of carbonyl (C=O) groups is 1. The first-order chi connectivity index (χ1) is 17.0. The molecule has 182 valence electrons. The van der Waals surface area contributed by atoms with Crippen molar-refractivity contribution in [1.82, 2.24) is 4.90 Å². The van der Waals surface area contributed by atoms with E-state index < -0.39 is 0 Å². The van der Waals surface area contributed by atoms with E-state index in [0.717, 1.165) is 42.9 Å². The van der Waals surface area contributed by atoms with Crippen LogP contribution in [0.4, 0.5) is 5.69 Å². The summed E-state index contributed by atoms with van der Waals surface area (Å²) in [5.74, 6) is 1.45. The summed E-state index contributed by atoms with van der Waals surface area (Å²) in [4.78, 5) is 15.3. The second-order valence-electron chi connectivity index (χ2n) is 8.63. The van der Waals surface area contributed by atoms with Crippen molar-refractivity contribution in [3.05, 3.63) is 88.9 Å². The van der Waals surface area contributed by atoms with Gasteiger partial charge < -0.3 is 19.7 Å². The summed E-state index contributed by atoms with van der Waals surface area (Å²) in [7, 11) is 1.58. The minimum Gasteiger partial charge on any atom is -0.493 e. The van der Waals surface area contributed by atoms with Gasteiger partial charge in [-0.3, -0.25) is 4.79 Å². The summed E-state index contributed by atoms with van der Waals surface area (Å²) < 4.78 is 11.2. The number of halogens is 1. The molecule has 0 aliphatic carbocycles. The van der Waals surface area contributed by atoms with Crippen molar-refractivity contribution in [2.24, 2.45) is 5.92 Å². The van der Waals surface area contributed by atoms with Gasteiger partial charge in [0.2, 0.25) is 0 Å². The molecule has 1 heterocycles. The Kier molecular flexibility index (Phi) is 8.61. The number of benzene rings is 3. The van der Waals surface area contributed by atoms with E-state index in [-0.39, 0.29) is 12.5 Å². The molecule has 3 aromatic rings. The van der Waals surface area contributed by atoms with Gasteiger partial charge in [-0.1, -0.05) is 54.2 Å². The molecule has 1 N–H and O–H groups in total. The fourth-order valence-electron chi connectivity index (χ4n) is 4.26. The molecule has 1 fully saturated rings. The number of likely N-dealkylation sites (tertiary alicyclic amines) is 1. The van der Waals surface area contributed by atoms with Gasteiger partial charge in [-0.05, 0) is 73.2 Å². The largest absolute Gasteiger partial charge is 0.493 e. The maximum atomic E-state index is 12.3. The van der Waals surface area contributed by atoms with E-state index in [1.807, 2.05) is 12.1 Å². The van der Waals surface area contributed by atoms with E-state index in [1.165, 1.54) is 5.56 Å². The maximum absolute atomic E-state index is 12.3. The highest BCUT2D eigenvalue weighted by atomic mass is 35.5. The predicted molar refractivity (Wildman–Crippen MR) is 145 cm³/mol. The number of amides is 1. The normalized spacial score (nSPS) is 13.8. The molecule has 7 heteroatoms. The minimum absolute atomic E-state index is 0.141. The van der Waals surface area contributed by atoms with Crippen LogP contribution in [0.15, 0.2) is 72.8 Å². The molecule has 3 aromatic carbocycles. The highest BCUT2D eigenvalue weighted by molar-refractivity contribution is 7.80. The van der Waals surface area contributed by atoms with Gasteiger partial charge in [0.15, 0.2) is 18.1 Å². The third-order valence-electron chi connectivity index (χ3n) is 6.17. The Balaban J connectivity index is 1.30. The van der Waals surface area contributed by atoms with Gasteiger partial charge in [0.25, 0.3) is 5.91 Å². The lowest BCUT2D eigenvalue weighted by molar-refractivity contribution is -0.118. The molecule has 0 atom stereocenters. The monoisotopic (exact) mass is 508 g/mol. The molecule has 35 heavy (non-hydrogen) atoms. The molecular formula is C28H29ClN2O3S. The molecule has 0 spiro atoms. The second-order valence-corrected chi connectivity index (χ2v) is 9.46. The Morgan fingerprint density at radius 1 is 1.03 bits per heavy atom. The van der Waals surface area contributed by atoms with E-state index in [1.54, 1.807) is 37.4 Å². The molecule has 4 rings (SSSR count). The Labute approximate surface area is 217 Å². The first kappa shape index (κ1) is 25.0. The second kappa shape index (κ2) is 12.0. The van der Waals surface area contributed by atoms with E-state index in [4.69, 9.17) is 33.3 Å². The number of hydrogen-bond acceptors (Lipinski definition) is 4. The van der Waals surface area contributed by atoms with Gasteiger partial charge in [-0.25, -0.2) is 0 Å². The fourth-order valence-corrected chi connectivity index (χ4v) is 4.70. The van der Waals surface area contributed by atoms with Crippen LogP contribution in [-0.2, 0) is 11.2 Å². The Hall–Kier alpha value is -3.09. The molecule has 1 saturated heterocycles. The number of thiocarbonyl (C=S) groups is 1. The molecule has 0 saturated carbocycles. The van der Waals surface area contributed by atoms with Crippen LogP contribution in [0.5, 0.6) is 11.5 Å². The van der Waals surface area contributed by atoms with Crippen molar-refractivity contribution < 1.29 is 14.3 Å². The zero-order valence-electron chi connectivity index (χ0n) is 19.7. The molecular weight excluding hydrogens is 480 g/mol. The Morgan fingerprint density at radius 2 is 1.74 bits per heavy atom. The highest BCUT2D eigenvalue weighted by Gasteiger charge is 2.22. The molecule has 0 unspecified atom stereocenters. The standard InChI is InChI=1S/C28H29ClN2O3S/c1-33-26-18-22(7-12-25(26)34-19-27(32)30-24-10-8-23(29)9-11-24)28(35)31-15-13-21(14-16-31)17-20-5-3-2-4-6-20/h2-12,18,21H,13-17,19H2,1H3,(H,30,32). The van der Waals surface area contributed by atoms with Crippen molar-refractivity contribution in [1.29, 1.82) is 0 Å². The predicted octanol–water partition coefficient (Wildman–Crippen LogP) is 6.00. The third-order valence-corrected chi connectivity index (χ3v) is 6.91. The summed E-state index contributed by atoms with van der Waals surface area (Å²) in [5, 5.41) is 3.39. The number of methoxy groups -OCH3 is 1. The first-order valence-corrected chi connectivity index (χ1v) is 12.5. The summed E-state index contributed by atoms with van der Waals surface area (Å²) in [5.41, 5.74) is 2.97. The van der Waals surface area contributed by atoms with Crippen LogP contribution in [0.3, 0.4) is 0 Å². The lowest BCUT2D eigenvalue weighted by Crippen LogP contribution is -2.38. The topological polar surface area (TPSA) is 50.8 Å². The van der Waals surface area contributed by atoms with Crippen molar-refractivity contribution in [2.45, 2.75) is 19.3 Å². The summed E-state index contributed by atoms with van der Waals surface area (Å²) in [6, 6.07) is 23.2. The summed E-state index contributed by atoms with van der Waals surface area (Å²) >= 11 is 11.7. The molecule has 1 amide bonds. The van der Waals surface area contributed by atoms with Gasteiger partial charge in [-0.2, -0.15) is 0 Å². The molecule has 0 radical (unpaired) electrons. The zero-order chi connectivity index (χ0) is 24.6. The molecule has 1 aliphatic heterocycles. The van der Waals surface area contributed by atoms with E-state index in [2.05, 4.69) is 40.5 Å². The SMILES string of the molecule is COc1cc(C(=S)N2CCC(Cc3ccccc3)CC2)ccc1OCC(=O)Nc1ccc(Cl)cc1. The first-order valence-electron chi connectivity index (χ1n) is 11.7. The van der Waals surface area contributed by atoms with Crippen LogP contribution in [0.1, 0.15) is 24.0 Å². The van der Waals surface area contributed by atoms with Crippen LogP contribution < -0.4 is 14.8 Å². The third kappa shape index (κ3) is 6.96. The van der Waals surface area contributed by atoms with E-state index >= 15 is 0 Å². The molecule has 0 aromatic heterocycles. The number of anilines is 1. The van der Waals surface area contributed by atoms with Crippen LogP contribution in [0.25, 0.3) is 0 Å². The van der Waals surface area contributed by atoms with Gasteiger partial charge in [0.1, 0.15) is 4.99 Å². The van der Waals surface area contributed by atoms with Gasteiger partial charge >= 0.3 is 0 Å². The Morgan fingerprint density at radius 3 is 2.43 bits per heavy atom. The van der Waals surface area contributed by atoms with E-state index in [0.29, 0.717) is 28.1 Å². The number of nitrogens with one attached hydrogen (secondary N) is 1. The van der Waals surface area contributed by atoms with Crippen LogP contribution >= 0.6 is 23.8 Å². The molecule has 0 bridgehead atoms. The molecule has 5 nitrogen and oxygen atoms in total. The van der Waals surface area contributed by atoms with Crippen LogP contribution in [0, 0.1) is 5.92 Å². The minimum atomic E-state index is -0.271. The van der Waals surface area contributed by atoms with Crippen LogP contribution in [-0.4, -0.2) is 42.6 Å². The lowest BCUT2D eigenvalue weighted by Gasteiger charge is -2.34. The molecule has 1 aliphatic rings. The number of nitrogens with zero attached hydrogens (tertiary/aromatic N) is 1. The summed E-state index contributed by atoms with van der Waals surface area (Å²) in [6.45, 7) is 1.75. The number of hydrogen-bond donors (Lipinski definition) is 1. The number of carbonyl (C=O) groups excluding carboxylic acids is 1.